The van der Waals surface area contributed by atoms with E-state index in [1.807, 2.05) is 18.7 Å². The predicted octanol–water partition coefficient (Wildman–Crippen LogP) is 3.00. The molecule has 0 unspecified atom stereocenters. The van der Waals surface area contributed by atoms with E-state index in [9.17, 15) is 13.6 Å². The smallest absolute Gasteiger partial charge is 0.290 e. The van der Waals surface area contributed by atoms with Gasteiger partial charge in [-0.1, -0.05) is 27.7 Å². The van der Waals surface area contributed by atoms with Crippen LogP contribution in [0.25, 0.3) is 0 Å². The summed E-state index contributed by atoms with van der Waals surface area (Å²) in [4.78, 5) is 21.4. The van der Waals surface area contributed by atoms with Crippen LogP contribution in [-0.2, 0) is 9.59 Å². The van der Waals surface area contributed by atoms with Crippen molar-refractivity contribution in [1.29, 1.82) is 0 Å². The second-order valence-corrected chi connectivity index (χ2v) is 4.51. The zero-order chi connectivity index (χ0) is 18.2. The van der Waals surface area contributed by atoms with Crippen LogP contribution in [0.5, 0.6) is 0 Å². The summed E-state index contributed by atoms with van der Waals surface area (Å²) in [5.41, 5.74) is 0. The molecule has 0 aromatic rings. The Hall–Kier alpha value is -1.24. The highest BCUT2D eigenvalue weighted by molar-refractivity contribution is 5.73. The molecule has 5 nitrogen and oxygen atoms in total. The van der Waals surface area contributed by atoms with Gasteiger partial charge in [-0.3, -0.25) is 9.59 Å². The van der Waals surface area contributed by atoms with Crippen molar-refractivity contribution in [3.63, 3.8) is 0 Å². The summed E-state index contributed by atoms with van der Waals surface area (Å²) in [5, 5.41) is 10.2. The Bertz CT molecular complexity index is 272. The van der Waals surface area contributed by atoms with Gasteiger partial charge in [-0.15, -0.1) is 0 Å². The van der Waals surface area contributed by atoms with E-state index in [1.54, 1.807) is 6.92 Å². The number of nitrogens with one attached hydrogen (secondary N) is 1. The Kier molecular flexibility index (Phi) is 18.8. The zero-order valence-electron chi connectivity index (χ0n) is 14.7. The molecule has 1 fully saturated rings. The fourth-order valence-electron chi connectivity index (χ4n) is 1.54. The lowest BCUT2D eigenvalue weighted by Gasteiger charge is -2.34. The van der Waals surface area contributed by atoms with Gasteiger partial charge < -0.3 is 15.3 Å². The first-order valence-electron chi connectivity index (χ1n) is 7.67. The summed E-state index contributed by atoms with van der Waals surface area (Å²) >= 11 is 0. The monoisotopic (exact) mass is 326 g/mol. The minimum atomic E-state index is -2.46. The van der Waals surface area contributed by atoms with Gasteiger partial charge in [0.05, 0.1) is 0 Å². The first kappa shape index (κ1) is 25.7. The molecule has 134 valence electrons. The molecular weight excluding hydrogens is 294 g/mol. The standard InChI is InChI=1S/C8H16N2O.C4H8F2.C2H6.CH2O2/c1-3-8-6-9-4-5-10(8)7(2)11;1-3-4(2,5)6;1-2;2-1-3/h8-9H,3-6H2,1-2H3;3H2,1-2H3;1-2H3;1H,(H,2,3)/t8-;;;/m1.../s1. The molecule has 1 saturated heterocycles. The molecule has 0 aromatic heterocycles. The van der Waals surface area contributed by atoms with Crippen molar-refractivity contribution >= 4 is 12.4 Å². The van der Waals surface area contributed by atoms with Crippen LogP contribution in [0.3, 0.4) is 0 Å². The number of carbonyl (C=O) groups excluding carboxylic acids is 1. The molecule has 1 atom stereocenters. The molecule has 0 aliphatic carbocycles. The molecule has 0 saturated carbocycles. The maximum Gasteiger partial charge on any atom is 0.290 e. The van der Waals surface area contributed by atoms with Gasteiger partial charge in [0.15, 0.2) is 0 Å². The molecule has 0 bridgehead atoms. The van der Waals surface area contributed by atoms with Gasteiger partial charge in [-0.05, 0) is 13.3 Å². The highest BCUT2D eigenvalue weighted by Crippen LogP contribution is 2.14. The molecule has 1 rings (SSSR count). The average Bonchev–Trinajstić information content (AvgIpc) is 2.50. The zero-order valence-corrected chi connectivity index (χ0v) is 14.7. The molecule has 0 aromatic carbocycles. The first-order chi connectivity index (χ1) is 10.2. The molecule has 7 heteroatoms. The van der Waals surface area contributed by atoms with Gasteiger partial charge in [0.1, 0.15) is 0 Å². The van der Waals surface area contributed by atoms with Crippen molar-refractivity contribution < 1.29 is 23.5 Å². The summed E-state index contributed by atoms with van der Waals surface area (Å²) in [7, 11) is 0. The summed E-state index contributed by atoms with van der Waals surface area (Å²) in [5.74, 6) is -2.25. The fraction of sp³-hybridized carbons (Fsp3) is 0.867. The Morgan fingerprint density at radius 1 is 1.41 bits per heavy atom. The molecule has 1 aliphatic heterocycles. The minimum absolute atomic E-state index is 0.0625. The average molecular weight is 326 g/mol. The van der Waals surface area contributed by atoms with Gasteiger partial charge >= 0.3 is 0 Å². The number of amides is 1. The van der Waals surface area contributed by atoms with E-state index in [-0.39, 0.29) is 18.8 Å². The van der Waals surface area contributed by atoms with Crippen LogP contribution in [-0.4, -0.2) is 54.0 Å². The van der Waals surface area contributed by atoms with Crippen molar-refractivity contribution in [2.75, 3.05) is 19.6 Å². The number of carboxylic acid groups (broad SMARTS) is 1. The van der Waals surface area contributed by atoms with Gasteiger partial charge in [0, 0.05) is 39.0 Å². The van der Waals surface area contributed by atoms with E-state index in [1.165, 1.54) is 6.92 Å². The molecule has 1 amide bonds. The molecular formula is C15H32F2N2O3. The molecule has 1 heterocycles. The lowest BCUT2D eigenvalue weighted by Crippen LogP contribution is -2.52. The van der Waals surface area contributed by atoms with Gasteiger partial charge in [0.2, 0.25) is 11.8 Å². The molecule has 22 heavy (non-hydrogen) atoms. The second kappa shape index (κ2) is 16.1. The minimum Gasteiger partial charge on any atom is -0.483 e. The number of hydrogen-bond acceptors (Lipinski definition) is 3. The highest BCUT2D eigenvalue weighted by Gasteiger charge is 2.21. The van der Waals surface area contributed by atoms with Crippen LogP contribution in [0.2, 0.25) is 0 Å². The maximum absolute atomic E-state index is 11.5. The predicted molar refractivity (Wildman–Crippen MR) is 85.3 cm³/mol. The second-order valence-electron chi connectivity index (χ2n) is 4.51. The number of halogens is 2. The molecule has 1 aliphatic rings. The van der Waals surface area contributed by atoms with Crippen LogP contribution >= 0.6 is 0 Å². The van der Waals surface area contributed by atoms with E-state index in [2.05, 4.69) is 12.2 Å². The van der Waals surface area contributed by atoms with E-state index in [0.29, 0.717) is 6.04 Å². The molecule has 2 N–H and O–H groups in total. The van der Waals surface area contributed by atoms with Crippen molar-refractivity contribution in [1.82, 2.24) is 10.2 Å². The number of nitrogens with zero attached hydrogens (tertiary/aromatic N) is 1. The lowest BCUT2D eigenvalue weighted by molar-refractivity contribution is -0.132. The van der Waals surface area contributed by atoms with E-state index in [0.717, 1.165) is 33.0 Å². The largest absolute Gasteiger partial charge is 0.483 e. The van der Waals surface area contributed by atoms with Crippen molar-refractivity contribution in [2.24, 2.45) is 0 Å². The Morgan fingerprint density at radius 3 is 2.05 bits per heavy atom. The highest BCUT2D eigenvalue weighted by atomic mass is 19.3. The number of alkyl halides is 2. The normalized spacial score (nSPS) is 16.7. The van der Waals surface area contributed by atoms with E-state index >= 15 is 0 Å². The van der Waals surface area contributed by atoms with Crippen molar-refractivity contribution in [3.8, 4) is 0 Å². The quantitative estimate of drug-likeness (QED) is 0.765. The SMILES string of the molecule is CC.CCC(C)(F)F.CC[C@@H]1CNCCN1C(C)=O.O=CO. The number of piperazine rings is 1. The number of hydrogen-bond donors (Lipinski definition) is 2. The van der Waals surface area contributed by atoms with Gasteiger partial charge in [-0.25, -0.2) is 8.78 Å². The summed E-state index contributed by atoms with van der Waals surface area (Å²) in [6.45, 7) is 12.6. The number of rotatable bonds is 2. The molecule has 0 radical (unpaired) electrons. The van der Waals surface area contributed by atoms with Crippen LogP contribution in [0, 0.1) is 0 Å². The summed E-state index contributed by atoms with van der Waals surface area (Å²) in [6, 6.07) is 0.418. The van der Waals surface area contributed by atoms with Crippen LogP contribution in [0.1, 0.15) is 54.4 Å². The maximum atomic E-state index is 11.5. The summed E-state index contributed by atoms with van der Waals surface area (Å²) < 4.78 is 22.9. The third kappa shape index (κ3) is 16.8. The van der Waals surface area contributed by atoms with E-state index in [4.69, 9.17) is 9.90 Å². The fourth-order valence-corrected chi connectivity index (χ4v) is 1.54. The van der Waals surface area contributed by atoms with E-state index < -0.39 is 5.92 Å². The van der Waals surface area contributed by atoms with Gasteiger partial charge in [-0.2, -0.15) is 0 Å². The lowest BCUT2D eigenvalue weighted by atomic mass is 10.1. The molecule has 0 spiro atoms. The van der Waals surface area contributed by atoms with Crippen LogP contribution in [0.15, 0.2) is 0 Å². The summed E-state index contributed by atoms with van der Waals surface area (Å²) in [6.07, 6.45) is 0.986. The van der Waals surface area contributed by atoms with Crippen LogP contribution < -0.4 is 5.32 Å². The third-order valence-corrected chi connectivity index (χ3v) is 2.85. The van der Waals surface area contributed by atoms with Crippen molar-refractivity contribution in [3.05, 3.63) is 0 Å². The Labute approximate surface area is 133 Å². The van der Waals surface area contributed by atoms with Gasteiger partial charge in [0.25, 0.3) is 6.47 Å². The first-order valence-corrected chi connectivity index (χ1v) is 7.67. The Morgan fingerprint density at radius 2 is 1.82 bits per heavy atom. The number of carbonyl (C=O) groups is 2. The topological polar surface area (TPSA) is 69.6 Å². The van der Waals surface area contributed by atoms with Crippen LogP contribution in [0.4, 0.5) is 8.78 Å². The van der Waals surface area contributed by atoms with Crippen molar-refractivity contribution in [2.45, 2.75) is 66.3 Å². The Balaban J connectivity index is -0.000000279. The third-order valence-electron chi connectivity index (χ3n) is 2.85.